The molecule has 0 radical (unpaired) electrons. The molecule has 0 aliphatic carbocycles. The van der Waals surface area contributed by atoms with Crippen LogP contribution in [-0.4, -0.2) is 31.3 Å². The monoisotopic (exact) mass is 325 g/mol. The zero-order chi connectivity index (χ0) is 14.8. The molecule has 2 rings (SSSR count). The van der Waals surface area contributed by atoms with Gasteiger partial charge in [-0.1, -0.05) is 23.1 Å². The molecule has 2 aromatic heterocycles. The van der Waals surface area contributed by atoms with E-state index in [1.165, 1.54) is 6.07 Å². The highest BCUT2D eigenvalue weighted by Crippen LogP contribution is 2.28. The second-order valence-corrected chi connectivity index (χ2v) is 5.41. The molecule has 0 aromatic carbocycles. The third-order valence-corrected chi connectivity index (χ3v) is 3.97. The summed E-state index contributed by atoms with van der Waals surface area (Å²) in [6, 6.07) is 1.37. The molecule has 20 heavy (non-hydrogen) atoms. The molecular weight excluding hydrogens is 319 g/mol. The molecule has 7 nitrogen and oxygen atoms in total. The first-order valence-corrected chi connectivity index (χ1v) is 6.89. The normalized spacial score (nSPS) is 11.8. The Bertz CT molecular complexity index is 611. The van der Waals surface area contributed by atoms with E-state index >= 15 is 0 Å². The Morgan fingerprint density at radius 2 is 2.25 bits per heavy atom. The number of aromatic nitrogens is 4. The van der Waals surface area contributed by atoms with E-state index in [1.807, 2.05) is 0 Å². The molecule has 0 saturated carbocycles. The van der Waals surface area contributed by atoms with Gasteiger partial charge in [0.25, 0.3) is 0 Å². The van der Waals surface area contributed by atoms with Gasteiger partial charge in [0.15, 0.2) is 0 Å². The van der Waals surface area contributed by atoms with Crippen LogP contribution in [0.2, 0.25) is 0 Å². The summed E-state index contributed by atoms with van der Waals surface area (Å²) in [4.78, 5) is 9.98. The van der Waals surface area contributed by atoms with Gasteiger partial charge in [0.2, 0.25) is 5.16 Å². The van der Waals surface area contributed by atoms with Gasteiger partial charge in [-0.3, -0.25) is 10.1 Å². The minimum Gasteiger partial charge on any atom is -0.258 e. The van der Waals surface area contributed by atoms with Crippen LogP contribution in [0.25, 0.3) is 0 Å². The predicted octanol–water partition coefficient (Wildman–Crippen LogP) is 2.50. The number of nitrogens with zero attached hydrogens (tertiary/aromatic N) is 5. The molecule has 0 amide bonds. The van der Waals surface area contributed by atoms with Crippen molar-refractivity contribution in [3.8, 4) is 0 Å². The number of thioether (sulfide) groups is 1. The molecular formula is C8H6F3N5O2S2. The molecule has 0 bridgehead atoms. The van der Waals surface area contributed by atoms with Crippen molar-refractivity contribution in [3.63, 3.8) is 0 Å². The summed E-state index contributed by atoms with van der Waals surface area (Å²) in [6.45, 7) is -1.27. The second kappa shape index (κ2) is 5.75. The maximum Gasteiger partial charge on any atom is 0.408 e. The quantitative estimate of drug-likeness (QED) is 0.477. The van der Waals surface area contributed by atoms with Crippen molar-refractivity contribution in [1.82, 2.24) is 20.2 Å². The van der Waals surface area contributed by atoms with Crippen molar-refractivity contribution in [2.24, 2.45) is 0 Å². The van der Waals surface area contributed by atoms with Crippen LogP contribution >= 0.6 is 23.1 Å². The van der Waals surface area contributed by atoms with E-state index in [9.17, 15) is 23.3 Å². The Hall–Kier alpha value is -1.69. The molecule has 0 spiro atoms. The Morgan fingerprint density at radius 3 is 2.85 bits per heavy atom. The van der Waals surface area contributed by atoms with E-state index in [1.54, 1.807) is 5.38 Å². The third-order valence-electron chi connectivity index (χ3n) is 2.02. The van der Waals surface area contributed by atoms with Crippen LogP contribution in [0.4, 0.5) is 18.2 Å². The zero-order valence-electron chi connectivity index (χ0n) is 9.57. The van der Waals surface area contributed by atoms with Crippen molar-refractivity contribution in [2.45, 2.75) is 23.6 Å². The van der Waals surface area contributed by atoms with E-state index < -0.39 is 17.6 Å². The summed E-state index contributed by atoms with van der Waals surface area (Å²) in [7, 11) is 0. The molecule has 0 aliphatic rings. The molecule has 0 N–H and O–H groups in total. The lowest BCUT2D eigenvalue weighted by Gasteiger charge is -2.06. The van der Waals surface area contributed by atoms with E-state index in [4.69, 9.17) is 0 Å². The molecule has 0 fully saturated rings. The fourth-order valence-corrected chi connectivity index (χ4v) is 2.89. The molecule has 108 valence electrons. The summed E-state index contributed by atoms with van der Waals surface area (Å²) >= 11 is 1.94. The number of tetrazole rings is 1. The van der Waals surface area contributed by atoms with Crippen LogP contribution in [0.3, 0.4) is 0 Å². The lowest BCUT2D eigenvalue weighted by Crippen LogP contribution is -2.19. The number of hydrogen-bond acceptors (Lipinski definition) is 7. The van der Waals surface area contributed by atoms with Gasteiger partial charge in [0, 0.05) is 17.2 Å². The highest BCUT2D eigenvalue weighted by atomic mass is 32.2. The topological polar surface area (TPSA) is 86.7 Å². The van der Waals surface area contributed by atoms with Gasteiger partial charge in [0.05, 0.1) is 4.92 Å². The van der Waals surface area contributed by atoms with Crippen molar-refractivity contribution in [3.05, 3.63) is 27.1 Å². The highest BCUT2D eigenvalue weighted by Gasteiger charge is 2.30. The standard InChI is InChI=1S/C8H6F3N5O2S2/c9-8(10,11)4-15-7(12-13-14-15)20-3-5-1-6(16(17)18)19-2-5/h1-2H,3-4H2. The number of hydrogen-bond donors (Lipinski definition) is 0. The molecule has 0 unspecified atom stereocenters. The first-order valence-electron chi connectivity index (χ1n) is 5.02. The van der Waals surface area contributed by atoms with Crippen LogP contribution < -0.4 is 0 Å². The smallest absolute Gasteiger partial charge is 0.258 e. The van der Waals surface area contributed by atoms with Gasteiger partial charge in [-0.25, -0.2) is 4.68 Å². The number of alkyl halides is 3. The minimum atomic E-state index is -4.41. The molecule has 0 saturated heterocycles. The second-order valence-electron chi connectivity index (χ2n) is 3.57. The number of rotatable bonds is 5. The minimum absolute atomic E-state index is 0.0104. The summed E-state index contributed by atoms with van der Waals surface area (Å²) in [5.74, 6) is 0.253. The van der Waals surface area contributed by atoms with Gasteiger partial charge in [-0.15, -0.1) is 5.10 Å². The van der Waals surface area contributed by atoms with Crippen LogP contribution in [-0.2, 0) is 12.3 Å². The summed E-state index contributed by atoms with van der Waals surface area (Å²) in [5, 5.41) is 22.0. The number of halogens is 3. The SMILES string of the molecule is O=[N+]([O-])c1cc(CSc2nnnn2CC(F)(F)F)cs1. The van der Waals surface area contributed by atoms with Crippen LogP contribution in [0.1, 0.15) is 5.56 Å². The van der Waals surface area contributed by atoms with Crippen LogP contribution in [0.15, 0.2) is 16.6 Å². The number of nitro groups is 1. The summed E-state index contributed by atoms with van der Waals surface area (Å²) < 4.78 is 37.4. The predicted molar refractivity (Wildman–Crippen MR) is 64.4 cm³/mol. The van der Waals surface area contributed by atoms with Crippen LogP contribution in [0, 0.1) is 10.1 Å². The Balaban J connectivity index is 2.00. The molecule has 2 aromatic rings. The van der Waals surface area contributed by atoms with Gasteiger partial charge >= 0.3 is 11.2 Å². The average Bonchev–Trinajstić information content (AvgIpc) is 2.93. The van der Waals surface area contributed by atoms with Gasteiger partial charge in [0.1, 0.15) is 6.54 Å². The highest BCUT2D eigenvalue weighted by molar-refractivity contribution is 7.98. The first kappa shape index (κ1) is 14.7. The van der Waals surface area contributed by atoms with E-state index in [0.29, 0.717) is 10.2 Å². The molecule has 2 heterocycles. The van der Waals surface area contributed by atoms with Gasteiger partial charge in [-0.2, -0.15) is 13.2 Å². The number of thiophene rings is 1. The fraction of sp³-hybridized carbons (Fsp3) is 0.375. The van der Waals surface area contributed by atoms with E-state index in [2.05, 4.69) is 15.5 Å². The van der Waals surface area contributed by atoms with Crippen molar-refractivity contribution < 1.29 is 18.1 Å². The lowest BCUT2D eigenvalue weighted by atomic mass is 10.4. The summed E-state index contributed by atoms with van der Waals surface area (Å²) in [6.07, 6.45) is -4.41. The largest absolute Gasteiger partial charge is 0.408 e. The van der Waals surface area contributed by atoms with E-state index in [0.717, 1.165) is 23.1 Å². The maximum atomic E-state index is 12.3. The Morgan fingerprint density at radius 1 is 1.50 bits per heavy atom. The zero-order valence-corrected chi connectivity index (χ0v) is 11.2. The van der Waals surface area contributed by atoms with Crippen LogP contribution in [0.5, 0.6) is 0 Å². The Labute approximate surface area is 117 Å². The molecule has 0 aliphatic heterocycles. The fourth-order valence-electron chi connectivity index (χ4n) is 1.25. The summed E-state index contributed by atoms with van der Waals surface area (Å²) in [5.41, 5.74) is 0.633. The van der Waals surface area contributed by atoms with Crippen molar-refractivity contribution in [1.29, 1.82) is 0 Å². The van der Waals surface area contributed by atoms with E-state index in [-0.39, 0.29) is 15.9 Å². The lowest BCUT2D eigenvalue weighted by molar-refractivity contribution is -0.380. The maximum absolute atomic E-state index is 12.3. The van der Waals surface area contributed by atoms with Gasteiger partial charge in [-0.05, 0) is 16.0 Å². The molecule has 12 heteroatoms. The first-order chi connectivity index (χ1) is 9.35. The molecule has 0 atom stereocenters. The average molecular weight is 325 g/mol. The van der Waals surface area contributed by atoms with Gasteiger partial charge < -0.3 is 0 Å². The van der Waals surface area contributed by atoms with Crippen molar-refractivity contribution in [2.75, 3.05) is 0 Å². The Kier molecular flexibility index (Phi) is 4.23. The van der Waals surface area contributed by atoms with Crippen molar-refractivity contribution >= 4 is 28.1 Å². The third kappa shape index (κ3) is 3.90.